The average molecular weight is 605 g/mol. The van der Waals surface area contributed by atoms with E-state index in [0.717, 1.165) is 23.0 Å². The van der Waals surface area contributed by atoms with Crippen LogP contribution in [-0.4, -0.2) is 49.3 Å². The van der Waals surface area contributed by atoms with E-state index in [4.69, 9.17) is 11.6 Å². The zero-order valence-electron chi connectivity index (χ0n) is 24.6. The summed E-state index contributed by atoms with van der Waals surface area (Å²) >= 11 is 6.26. The molecule has 3 aromatic rings. The predicted octanol–water partition coefficient (Wildman–Crippen LogP) is 6.89. The van der Waals surface area contributed by atoms with Gasteiger partial charge in [0.05, 0.1) is 24.0 Å². The summed E-state index contributed by atoms with van der Waals surface area (Å²) in [7, 11) is 0. The molecule has 1 saturated heterocycles. The smallest absolute Gasteiger partial charge is 0.242 e. The number of anilines is 3. The van der Waals surface area contributed by atoms with Gasteiger partial charge in [-0.1, -0.05) is 49.7 Å². The van der Waals surface area contributed by atoms with Crippen molar-refractivity contribution in [3.05, 3.63) is 99.7 Å². The van der Waals surface area contributed by atoms with E-state index in [2.05, 4.69) is 10.2 Å². The van der Waals surface area contributed by atoms with Gasteiger partial charge in [0, 0.05) is 66.2 Å². The summed E-state index contributed by atoms with van der Waals surface area (Å²) in [6.45, 7) is 8.33. The minimum atomic E-state index is -0.908. The maximum Gasteiger partial charge on any atom is 0.242 e. The number of nitrogens with one attached hydrogen (secondary N) is 1. The molecular formula is C34H35ClF2N4O2. The van der Waals surface area contributed by atoms with E-state index in [1.807, 2.05) is 73.0 Å². The van der Waals surface area contributed by atoms with Gasteiger partial charge < -0.3 is 20.0 Å². The number of fused-ring (bicyclic) bond motifs is 1. The van der Waals surface area contributed by atoms with Gasteiger partial charge in [-0.05, 0) is 54.7 Å². The maximum atomic E-state index is 15.6. The molecule has 0 aromatic heterocycles. The van der Waals surface area contributed by atoms with Crippen molar-refractivity contribution in [1.29, 1.82) is 0 Å². The van der Waals surface area contributed by atoms with Gasteiger partial charge in [0.15, 0.2) is 5.78 Å². The number of ketones is 1. The van der Waals surface area contributed by atoms with Gasteiger partial charge >= 0.3 is 0 Å². The van der Waals surface area contributed by atoms with Crippen LogP contribution in [-0.2, 0) is 9.59 Å². The minimum absolute atomic E-state index is 0.0795. The fourth-order valence-electron chi connectivity index (χ4n) is 6.64. The number of carbonyl (C=O) groups is 2. The molecule has 0 bridgehead atoms. The van der Waals surface area contributed by atoms with E-state index >= 15 is 4.39 Å². The van der Waals surface area contributed by atoms with Gasteiger partial charge in [-0.15, -0.1) is 0 Å². The zero-order valence-corrected chi connectivity index (χ0v) is 25.3. The highest BCUT2D eigenvalue weighted by Gasteiger charge is 2.43. The SMILES string of the molecule is Cc1ccc(Cl)cc1N1CCN(C(=O)CN2c3ccccc3NC3=C(C(=O)CC(C)(C)C3)C2c2ccc(F)cc2F)CC1. The summed E-state index contributed by atoms with van der Waals surface area (Å²) in [6, 6.07) is 15.9. The molecule has 224 valence electrons. The van der Waals surface area contributed by atoms with Gasteiger partial charge in [0.25, 0.3) is 0 Å². The molecule has 2 aliphatic heterocycles. The van der Waals surface area contributed by atoms with Crippen molar-refractivity contribution in [2.75, 3.05) is 47.8 Å². The standard InChI is InChI=1S/C34H35ClF2N4O2/c1-21-8-9-22(35)16-29(21)39-12-14-40(15-13-39)31(43)20-41-28-7-5-4-6-26(28)38-27-18-34(2,3)19-30(42)32(27)33(41)24-11-10-23(36)17-25(24)37/h4-11,16-17,33,38H,12-15,18-20H2,1-3H3. The number of hydrogen-bond acceptors (Lipinski definition) is 5. The van der Waals surface area contributed by atoms with Crippen molar-refractivity contribution in [3.8, 4) is 0 Å². The first-order chi connectivity index (χ1) is 20.5. The molecular weight excluding hydrogens is 570 g/mol. The molecule has 3 aromatic carbocycles. The Hall–Kier alpha value is -3.91. The highest BCUT2D eigenvalue weighted by Crippen LogP contribution is 2.48. The van der Waals surface area contributed by atoms with Crippen molar-refractivity contribution >= 4 is 40.4 Å². The summed E-state index contributed by atoms with van der Waals surface area (Å²) in [6.07, 6.45) is 0.865. The highest BCUT2D eigenvalue weighted by atomic mass is 35.5. The Morgan fingerprint density at radius 3 is 2.47 bits per heavy atom. The fraction of sp³-hybridized carbons (Fsp3) is 0.353. The Balaban J connectivity index is 1.36. The lowest BCUT2D eigenvalue weighted by Gasteiger charge is -2.40. The number of carbonyl (C=O) groups excluding carboxylic acids is 2. The summed E-state index contributed by atoms with van der Waals surface area (Å²) in [5.74, 6) is -1.69. The molecule has 6 nitrogen and oxygen atoms in total. The number of aryl methyl sites for hydroxylation is 1. The average Bonchev–Trinajstić information content (AvgIpc) is 3.08. The van der Waals surface area contributed by atoms with Crippen molar-refractivity contribution in [2.45, 2.75) is 39.7 Å². The summed E-state index contributed by atoms with van der Waals surface area (Å²) < 4.78 is 29.7. The van der Waals surface area contributed by atoms with E-state index in [9.17, 15) is 14.0 Å². The first kappa shape index (κ1) is 29.2. The van der Waals surface area contributed by atoms with Gasteiger partial charge in [-0.2, -0.15) is 0 Å². The third-order valence-corrected chi connectivity index (χ3v) is 8.95. The molecule has 1 fully saturated rings. The molecule has 1 aliphatic carbocycles. The van der Waals surface area contributed by atoms with E-state index < -0.39 is 17.7 Å². The molecule has 2 heterocycles. The van der Waals surface area contributed by atoms with Crippen molar-refractivity contribution in [2.24, 2.45) is 5.41 Å². The zero-order chi connectivity index (χ0) is 30.5. The molecule has 1 amide bonds. The molecule has 1 N–H and O–H groups in total. The van der Waals surface area contributed by atoms with Crippen LogP contribution in [0.1, 0.15) is 43.9 Å². The Morgan fingerprint density at radius 2 is 1.72 bits per heavy atom. The van der Waals surface area contributed by atoms with Crippen molar-refractivity contribution < 1.29 is 18.4 Å². The molecule has 0 spiro atoms. The number of nitrogens with zero attached hydrogens (tertiary/aromatic N) is 3. The number of hydrogen-bond donors (Lipinski definition) is 1. The van der Waals surface area contributed by atoms with E-state index in [-0.39, 0.29) is 35.6 Å². The van der Waals surface area contributed by atoms with E-state index in [1.165, 1.54) is 12.1 Å². The fourth-order valence-corrected chi connectivity index (χ4v) is 6.81. The molecule has 9 heteroatoms. The number of Topliss-reactive ketones (excluding diaryl/α,β-unsaturated/α-hetero) is 1. The Bertz CT molecular complexity index is 1630. The number of halogens is 3. The molecule has 43 heavy (non-hydrogen) atoms. The van der Waals surface area contributed by atoms with Crippen LogP contribution in [0.2, 0.25) is 5.02 Å². The van der Waals surface area contributed by atoms with Crippen LogP contribution in [0.25, 0.3) is 0 Å². The first-order valence-corrected chi connectivity index (χ1v) is 15.0. The van der Waals surface area contributed by atoms with E-state index in [0.29, 0.717) is 54.6 Å². The lowest BCUT2D eigenvalue weighted by molar-refractivity contribution is -0.130. The largest absolute Gasteiger partial charge is 0.368 e. The number of benzene rings is 3. The van der Waals surface area contributed by atoms with Crippen molar-refractivity contribution in [1.82, 2.24) is 4.90 Å². The Labute approximate surface area is 255 Å². The third-order valence-electron chi connectivity index (χ3n) is 8.71. The second-order valence-electron chi connectivity index (χ2n) is 12.5. The number of allylic oxidation sites excluding steroid dienone is 1. The second-order valence-corrected chi connectivity index (χ2v) is 12.9. The Morgan fingerprint density at radius 1 is 0.977 bits per heavy atom. The second kappa shape index (κ2) is 11.3. The summed E-state index contributed by atoms with van der Waals surface area (Å²) in [5.41, 5.74) is 4.59. The highest BCUT2D eigenvalue weighted by molar-refractivity contribution is 6.30. The molecule has 3 aliphatic rings. The quantitative estimate of drug-likeness (QED) is 0.351. The van der Waals surface area contributed by atoms with Crippen LogP contribution < -0.4 is 15.1 Å². The normalized spacial score (nSPS) is 19.9. The first-order valence-electron chi connectivity index (χ1n) is 14.6. The Kier molecular flexibility index (Phi) is 7.67. The van der Waals surface area contributed by atoms with Crippen LogP contribution in [0.3, 0.4) is 0 Å². The lowest BCUT2D eigenvalue weighted by Crippen LogP contribution is -2.52. The van der Waals surface area contributed by atoms with Crippen LogP contribution in [0, 0.1) is 24.0 Å². The van der Waals surface area contributed by atoms with Crippen molar-refractivity contribution in [3.63, 3.8) is 0 Å². The van der Waals surface area contributed by atoms with Gasteiger partial charge in [0.1, 0.15) is 11.6 Å². The van der Waals surface area contributed by atoms with E-state index in [1.54, 1.807) is 0 Å². The summed E-state index contributed by atoms with van der Waals surface area (Å²) in [4.78, 5) is 33.7. The molecule has 0 radical (unpaired) electrons. The van der Waals surface area contributed by atoms with Crippen LogP contribution in [0.4, 0.5) is 25.8 Å². The lowest BCUT2D eigenvalue weighted by atomic mass is 9.73. The van der Waals surface area contributed by atoms with Gasteiger partial charge in [0.2, 0.25) is 5.91 Å². The predicted molar refractivity (Wildman–Crippen MR) is 167 cm³/mol. The van der Waals surface area contributed by atoms with Gasteiger partial charge in [-0.25, -0.2) is 8.78 Å². The van der Waals surface area contributed by atoms with Gasteiger partial charge in [-0.3, -0.25) is 9.59 Å². The number of rotatable bonds is 4. The van der Waals surface area contributed by atoms with Crippen LogP contribution >= 0.6 is 11.6 Å². The molecule has 1 unspecified atom stereocenters. The maximum absolute atomic E-state index is 15.6. The number of amides is 1. The molecule has 0 saturated carbocycles. The number of para-hydroxylation sites is 2. The van der Waals surface area contributed by atoms with Crippen LogP contribution in [0.5, 0.6) is 0 Å². The summed E-state index contributed by atoms with van der Waals surface area (Å²) in [5, 5.41) is 4.14. The van der Waals surface area contributed by atoms with Crippen LogP contribution in [0.15, 0.2) is 71.9 Å². The number of piperazine rings is 1. The molecule has 6 rings (SSSR count). The minimum Gasteiger partial charge on any atom is -0.368 e. The topological polar surface area (TPSA) is 55.9 Å². The third kappa shape index (κ3) is 5.73. The molecule has 1 atom stereocenters. The monoisotopic (exact) mass is 604 g/mol.